The number of imidazole rings is 1. The van der Waals surface area contributed by atoms with Gasteiger partial charge < -0.3 is 24.8 Å². The van der Waals surface area contributed by atoms with Crippen LogP contribution >= 0.6 is 0 Å². The van der Waals surface area contributed by atoms with E-state index in [1.807, 2.05) is 0 Å². The maximum absolute atomic E-state index is 12.9. The molecule has 3 heterocycles. The van der Waals surface area contributed by atoms with E-state index in [4.69, 9.17) is 4.74 Å². The fourth-order valence-electron chi connectivity index (χ4n) is 3.17. The first-order valence-corrected chi connectivity index (χ1v) is 8.13. The molecule has 0 aromatic carbocycles. The first-order chi connectivity index (χ1) is 12.9. The quantitative estimate of drug-likeness (QED) is 0.391. The number of aromatic nitrogens is 2. The van der Waals surface area contributed by atoms with Crippen LogP contribution in [0, 0.1) is 6.92 Å². The molecule has 2 aliphatic rings. The Morgan fingerprint density at radius 3 is 2.96 bits per heavy atom. The molecular weight excluding hydrogens is 360 g/mol. The van der Waals surface area contributed by atoms with Crippen molar-refractivity contribution in [2.45, 2.75) is 37.9 Å². The standard InChI is InChI=1S/C15H20N6O6/c1-7-8(4-9(23)12(27-6-22)19-15(25)26-3)21-13(24)10-11(17-5-16-10)20(2)14(21)18-7/h5-6,9-12,23H,4H2,1-3H3,(H,16,17)(H,19,25). The monoisotopic (exact) mass is 380 g/mol. The molecule has 1 aromatic heterocycles. The fraction of sp³-hybridized carbons (Fsp3) is 0.533. The summed E-state index contributed by atoms with van der Waals surface area (Å²) in [5.41, 5.74) is 0.962. The number of anilines is 1. The molecule has 12 heteroatoms. The number of hydrogen-bond donors (Lipinski definition) is 3. The minimum Gasteiger partial charge on any atom is -0.453 e. The first kappa shape index (κ1) is 18.6. The molecule has 2 aliphatic heterocycles. The Balaban J connectivity index is 1.88. The Hall–Kier alpha value is -3.15. The molecule has 3 rings (SSSR count). The number of fused-ring (bicyclic) bond motifs is 2. The van der Waals surface area contributed by atoms with Crippen molar-refractivity contribution in [2.75, 3.05) is 19.1 Å². The van der Waals surface area contributed by atoms with Crippen LogP contribution in [0.15, 0.2) is 4.99 Å². The average molecular weight is 380 g/mol. The highest BCUT2D eigenvalue weighted by atomic mass is 16.6. The molecule has 0 radical (unpaired) electrons. The molecule has 1 aromatic rings. The minimum atomic E-state index is -1.35. The lowest BCUT2D eigenvalue weighted by atomic mass is 10.1. The third-order valence-corrected chi connectivity index (χ3v) is 4.53. The van der Waals surface area contributed by atoms with Crippen LogP contribution < -0.4 is 15.5 Å². The molecule has 0 fully saturated rings. The summed E-state index contributed by atoms with van der Waals surface area (Å²) in [6, 6.07) is -0.567. The van der Waals surface area contributed by atoms with Crippen LogP contribution in [0.25, 0.3) is 0 Å². The van der Waals surface area contributed by atoms with Crippen LogP contribution in [0.5, 0.6) is 0 Å². The maximum Gasteiger partial charge on any atom is 0.409 e. The summed E-state index contributed by atoms with van der Waals surface area (Å²) in [6.07, 6.45) is -2.57. The van der Waals surface area contributed by atoms with Crippen molar-refractivity contribution in [1.29, 1.82) is 0 Å². The van der Waals surface area contributed by atoms with Gasteiger partial charge in [-0.15, -0.1) is 0 Å². The Morgan fingerprint density at radius 2 is 2.30 bits per heavy atom. The lowest BCUT2D eigenvalue weighted by molar-refractivity contribution is -0.141. The van der Waals surface area contributed by atoms with Gasteiger partial charge >= 0.3 is 6.09 Å². The largest absolute Gasteiger partial charge is 0.453 e. The SMILES string of the molecule is COC(=O)NC(OC=O)C(O)Cc1c(C)nc2n1C(=O)C1NC=NC1N2C. The number of nitrogens with one attached hydrogen (secondary N) is 2. The Bertz CT molecular complexity index is 792. The Kier molecular flexibility index (Phi) is 4.99. The molecule has 1 amide bonds. The van der Waals surface area contributed by atoms with Crippen molar-refractivity contribution >= 4 is 30.8 Å². The molecule has 12 nitrogen and oxygen atoms in total. The van der Waals surface area contributed by atoms with Crippen molar-refractivity contribution in [2.24, 2.45) is 4.99 Å². The van der Waals surface area contributed by atoms with Gasteiger partial charge in [-0.05, 0) is 6.92 Å². The zero-order chi connectivity index (χ0) is 19.7. The van der Waals surface area contributed by atoms with Gasteiger partial charge in [0, 0.05) is 13.5 Å². The van der Waals surface area contributed by atoms with Crippen LogP contribution in [0.2, 0.25) is 0 Å². The smallest absolute Gasteiger partial charge is 0.409 e. The summed E-state index contributed by atoms with van der Waals surface area (Å²) >= 11 is 0. The number of alkyl carbamates (subject to hydrolysis) is 1. The number of likely N-dealkylation sites (N-methyl/N-ethyl adjacent to an activating group) is 1. The van der Waals surface area contributed by atoms with Crippen molar-refractivity contribution in [1.82, 2.24) is 20.2 Å². The highest BCUT2D eigenvalue weighted by molar-refractivity contribution is 5.94. The normalized spacial score (nSPS) is 22.4. The molecule has 0 spiro atoms. The van der Waals surface area contributed by atoms with E-state index >= 15 is 0 Å². The number of nitrogens with zero attached hydrogens (tertiary/aromatic N) is 4. The summed E-state index contributed by atoms with van der Waals surface area (Å²) in [5, 5.41) is 15.6. The van der Waals surface area contributed by atoms with Gasteiger partial charge in [0.05, 0.1) is 24.8 Å². The second-order valence-corrected chi connectivity index (χ2v) is 6.12. The number of carbonyl (C=O) groups is 3. The topological polar surface area (TPSA) is 147 Å². The van der Waals surface area contributed by atoms with Crippen LogP contribution in [-0.2, 0) is 20.7 Å². The summed E-state index contributed by atoms with van der Waals surface area (Å²) in [6.45, 7) is 1.80. The number of amides is 1. The molecule has 4 atom stereocenters. The number of ether oxygens (including phenoxy) is 2. The van der Waals surface area contributed by atoms with Gasteiger partial charge in [-0.1, -0.05) is 0 Å². The number of rotatable bonds is 6. The first-order valence-electron chi connectivity index (χ1n) is 8.13. The lowest BCUT2D eigenvalue weighted by Crippen LogP contribution is -2.55. The van der Waals surface area contributed by atoms with E-state index in [-0.39, 0.29) is 18.8 Å². The Morgan fingerprint density at radius 1 is 1.56 bits per heavy atom. The summed E-state index contributed by atoms with van der Waals surface area (Å²) in [4.78, 5) is 45.3. The second kappa shape index (κ2) is 7.23. The number of hydrogen-bond acceptors (Lipinski definition) is 10. The van der Waals surface area contributed by atoms with Crippen molar-refractivity contribution < 1.29 is 29.0 Å². The number of methoxy groups -OCH3 is 1. The maximum atomic E-state index is 12.9. The molecule has 4 unspecified atom stereocenters. The van der Waals surface area contributed by atoms with Crippen molar-refractivity contribution in [3.05, 3.63) is 11.4 Å². The van der Waals surface area contributed by atoms with E-state index in [0.717, 1.165) is 7.11 Å². The number of aliphatic imine (C=N–C) groups is 1. The average Bonchev–Trinajstić information content (AvgIpc) is 3.25. The highest BCUT2D eigenvalue weighted by Gasteiger charge is 2.43. The van der Waals surface area contributed by atoms with Gasteiger partial charge in [0.15, 0.2) is 6.17 Å². The number of carbonyl (C=O) groups excluding carboxylic acids is 3. The molecule has 3 N–H and O–H groups in total. The third-order valence-electron chi connectivity index (χ3n) is 4.53. The zero-order valence-corrected chi connectivity index (χ0v) is 14.9. The Labute approximate surface area is 154 Å². The van der Waals surface area contributed by atoms with Crippen LogP contribution in [0.3, 0.4) is 0 Å². The van der Waals surface area contributed by atoms with Gasteiger partial charge in [-0.3, -0.25) is 19.5 Å². The molecule has 0 aliphatic carbocycles. The lowest BCUT2D eigenvalue weighted by Gasteiger charge is -2.33. The van der Waals surface area contributed by atoms with E-state index in [2.05, 4.69) is 25.3 Å². The van der Waals surface area contributed by atoms with Gasteiger partial charge in [-0.25, -0.2) is 14.8 Å². The summed E-state index contributed by atoms with van der Waals surface area (Å²) < 4.78 is 10.6. The van der Waals surface area contributed by atoms with Gasteiger partial charge in [-0.2, -0.15) is 0 Å². The van der Waals surface area contributed by atoms with Gasteiger partial charge in [0.25, 0.3) is 12.4 Å². The fourth-order valence-corrected chi connectivity index (χ4v) is 3.17. The minimum absolute atomic E-state index is 0.0981. The molecule has 27 heavy (non-hydrogen) atoms. The van der Waals surface area contributed by atoms with E-state index < -0.39 is 30.6 Å². The van der Waals surface area contributed by atoms with Crippen LogP contribution in [0.4, 0.5) is 10.7 Å². The van der Waals surface area contributed by atoms with E-state index in [0.29, 0.717) is 17.3 Å². The van der Waals surface area contributed by atoms with Crippen LogP contribution in [0.1, 0.15) is 16.2 Å². The van der Waals surface area contributed by atoms with Gasteiger partial charge in [0.1, 0.15) is 12.1 Å². The predicted octanol–water partition coefficient (Wildman–Crippen LogP) is -1.63. The molecule has 0 saturated carbocycles. The van der Waals surface area contributed by atoms with Crippen molar-refractivity contribution in [3.8, 4) is 0 Å². The highest BCUT2D eigenvalue weighted by Crippen LogP contribution is 2.29. The molecular formula is C15H20N6O6. The molecule has 0 saturated heterocycles. The van der Waals surface area contributed by atoms with Gasteiger partial charge in [0.2, 0.25) is 12.2 Å². The second-order valence-electron chi connectivity index (χ2n) is 6.12. The van der Waals surface area contributed by atoms with E-state index in [1.54, 1.807) is 18.9 Å². The number of aliphatic hydroxyl groups is 1. The number of aryl methyl sites for hydroxylation is 1. The van der Waals surface area contributed by atoms with Crippen molar-refractivity contribution in [3.63, 3.8) is 0 Å². The number of aliphatic hydroxyl groups excluding tert-OH is 1. The zero-order valence-electron chi connectivity index (χ0n) is 14.9. The predicted molar refractivity (Wildman–Crippen MR) is 91.4 cm³/mol. The van der Waals surface area contributed by atoms with Crippen LogP contribution in [-0.4, -0.2) is 78.2 Å². The van der Waals surface area contributed by atoms with E-state index in [9.17, 15) is 19.5 Å². The van der Waals surface area contributed by atoms with E-state index in [1.165, 1.54) is 10.9 Å². The third kappa shape index (κ3) is 3.18. The molecule has 146 valence electrons. The summed E-state index contributed by atoms with van der Waals surface area (Å²) in [5.74, 6) is 0.137. The molecule has 0 bridgehead atoms. The summed E-state index contributed by atoms with van der Waals surface area (Å²) in [7, 11) is 2.91.